The van der Waals surface area contributed by atoms with Crippen LogP contribution in [0.25, 0.3) is 0 Å². The predicted octanol–water partition coefficient (Wildman–Crippen LogP) is 1.39. The summed E-state index contributed by atoms with van der Waals surface area (Å²) in [5, 5.41) is 3.04. The van der Waals surface area contributed by atoms with Crippen molar-refractivity contribution in [2.75, 3.05) is 13.1 Å². The van der Waals surface area contributed by atoms with Crippen LogP contribution in [0.2, 0.25) is 0 Å². The molecule has 0 aliphatic carbocycles. The lowest BCUT2D eigenvalue weighted by Gasteiger charge is -1.97. The van der Waals surface area contributed by atoms with Crippen molar-refractivity contribution in [3.05, 3.63) is 0 Å². The highest BCUT2D eigenvalue weighted by molar-refractivity contribution is 5.85. The van der Waals surface area contributed by atoms with Crippen molar-refractivity contribution < 1.29 is 4.79 Å². The van der Waals surface area contributed by atoms with Crippen molar-refractivity contribution in [2.45, 2.75) is 26.7 Å². The molecule has 0 aromatic heterocycles. The molecule has 0 aromatic carbocycles. The summed E-state index contributed by atoms with van der Waals surface area (Å²) in [6, 6.07) is 0. The summed E-state index contributed by atoms with van der Waals surface area (Å²) in [5.74, 6) is 0.214. The molecule has 0 aliphatic rings. The van der Waals surface area contributed by atoms with Crippen molar-refractivity contribution in [3.8, 4) is 0 Å². The number of nitrogens with one attached hydrogen (secondary N) is 1. The molecule has 0 atom stereocenters. The van der Waals surface area contributed by atoms with E-state index in [4.69, 9.17) is 0 Å². The molecule has 0 rings (SSSR count). The largest absolute Gasteiger partial charge is 0.310 e. The summed E-state index contributed by atoms with van der Waals surface area (Å²) in [7, 11) is 0. The van der Waals surface area contributed by atoms with Crippen molar-refractivity contribution in [1.82, 2.24) is 5.32 Å². The minimum absolute atomic E-state index is 0. The molecule has 0 amide bonds. The average Bonchev–Trinajstić information content (AvgIpc) is 1.80. The topological polar surface area (TPSA) is 29.1 Å². The van der Waals surface area contributed by atoms with E-state index >= 15 is 0 Å². The highest BCUT2D eigenvalue weighted by Gasteiger charge is 1.88. The number of hydrogen-bond acceptors (Lipinski definition) is 2. The standard InChI is InChI=1S/C7H15NO.ClH/c1-3-4-5-8-6-7(2)9;/h8H,3-6H2,1-2H3;1H. The summed E-state index contributed by atoms with van der Waals surface area (Å²) < 4.78 is 0. The molecule has 0 spiro atoms. The Morgan fingerprint density at radius 2 is 2.10 bits per heavy atom. The second-order valence-corrected chi connectivity index (χ2v) is 2.23. The third kappa shape index (κ3) is 10.8. The van der Waals surface area contributed by atoms with E-state index < -0.39 is 0 Å². The molecule has 62 valence electrons. The lowest BCUT2D eigenvalue weighted by Crippen LogP contribution is -2.21. The first-order valence-electron chi connectivity index (χ1n) is 3.47. The molecule has 0 saturated carbocycles. The van der Waals surface area contributed by atoms with Gasteiger partial charge in [-0.15, -0.1) is 12.4 Å². The number of rotatable bonds is 5. The summed E-state index contributed by atoms with van der Waals surface area (Å²) >= 11 is 0. The number of carbonyl (C=O) groups excluding carboxylic acids is 1. The van der Waals surface area contributed by atoms with Crippen LogP contribution in [0.3, 0.4) is 0 Å². The van der Waals surface area contributed by atoms with Gasteiger partial charge in [0.2, 0.25) is 0 Å². The van der Waals surface area contributed by atoms with Crippen molar-refractivity contribution in [1.29, 1.82) is 0 Å². The minimum Gasteiger partial charge on any atom is -0.310 e. The number of carbonyl (C=O) groups is 1. The summed E-state index contributed by atoms with van der Waals surface area (Å²) in [6.07, 6.45) is 2.35. The highest BCUT2D eigenvalue weighted by atomic mass is 35.5. The van der Waals surface area contributed by atoms with Crippen molar-refractivity contribution in [2.24, 2.45) is 0 Å². The third-order valence-electron chi connectivity index (χ3n) is 1.08. The van der Waals surface area contributed by atoms with Gasteiger partial charge in [-0.1, -0.05) is 13.3 Å². The molecule has 0 bridgehead atoms. The molecule has 0 aromatic rings. The van der Waals surface area contributed by atoms with E-state index in [9.17, 15) is 4.79 Å². The SMILES string of the molecule is CCCCNCC(C)=O.Cl. The Labute approximate surface area is 68.8 Å². The zero-order valence-corrected chi connectivity index (χ0v) is 7.46. The first-order valence-corrected chi connectivity index (χ1v) is 3.47. The number of unbranched alkanes of at least 4 members (excludes halogenated alkanes) is 1. The van der Waals surface area contributed by atoms with Gasteiger partial charge < -0.3 is 5.32 Å². The van der Waals surface area contributed by atoms with E-state index in [1.807, 2.05) is 0 Å². The fourth-order valence-electron chi connectivity index (χ4n) is 0.566. The van der Waals surface area contributed by atoms with Gasteiger partial charge in [0.15, 0.2) is 0 Å². The molecule has 0 aliphatic heterocycles. The molecular formula is C7H16ClNO. The Morgan fingerprint density at radius 3 is 2.50 bits per heavy atom. The van der Waals surface area contributed by atoms with Gasteiger partial charge in [0.05, 0.1) is 6.54 Å². The zero-order chi connectivity index (χ0) is 7.11. The molecule has 10 heavy (non-hydrogen) atoms. The first-order chi connectivity index (χ1) is 4.27. The Bertz CT molecular complexity index is 85.7. The van der Waals surface area contributed by atoms with Gasteiger partial charge in [-0.05, 0) is 19.9 Å². The minimum atomic E-state index is 0. The molecule has 0 heterocycles. The smallest absolute Gasteiger partial charge is 0.143 e. The van der Waals surface area contributed by atoms with Crippen molar-refractivity contribution in [3.63, 3.8) is 0 Å². The van der Waals surface area contributed by atoms with E-state index in [1.165, 1.54) is 6.42 Å². The van der Waals surface area contributed by atoms with Gasteiger partial charge in [0.1, 0.15) is 5.78 Å². The van der Waals surface area contributed by atoms with E-state index in [-0.39, 0.29) is 18.2 Å². The maximum atomic E-state index is 10.3. The van der Waals surface area contributed by atoms with Gasteiger partial charge in [0, 0.05) is 0 Å². The molecule has 1 N–H and O–H groups in total. The van der Waals surface area contributed by atoms with E-state index in [2.05, 4.69) is 12.2 Å². The Hall–Kier alpha value is -0.0800. The number of Topliss-reactive ketones (excluding diaryl/α,β-unsaturated/α-hetero) is 1. The van der Waals surface area contributed by atoms with E-state index in [1.54, 1.807) is 6.92 Å². The zero-order valence-electron chi connectivity index (χ0n) is 6.64. The molecule has 2 nitrogen and oxygen atoms in total. The van der Waals surface area contributed by atoms with Crippen LogP contribution in [0, 0.1) is 0 Å². The van der Waals surface area contributed by atoms with Crippen LogP contribution in [0.1, 0.15) is 26.7 Å². The monoisotopic (exact) mass is 165 g/mol. The van der Waals surface area contributed by atoms with Gasteiger partial charge in [-0.3, -0.25) is 4.79 Å². The summed E-state index contributed by atoms with van der Waals surface area (Å²) in [6.45, 7) is 5.23. The first kappa shape index (κ1) is 12.6. The second-order valence-electron chi connectivity index (χ2n) is 2.23. The molecule has 0 unspecified atom stereocenters. The Morgan fingerprint density at radius 1 is 1.50 bits per heavy atom. The predicted molar refractivity (Wildman–Crippen MR) is 45.7 cm³/mol. The van der Waals surface area contributed by atoms with Gasteiger partial charge >= 0.3 is 0 Å². The fourth-order valence-corrected chi connectivity index (χ4v) is 0.566. The van der Waals surface area contributed by atoms with Crippen LogP contribution in [0.15, 0.2) is 0 Å². The Kier molecular flexibility index (Phi) is 11.2. The summed E-state index contributed by atoms with van der Waals surface area (Å²) in [4.78, 5) is 10.3. The van der Waals surface area contributed by atoms with Gasteiger partial charge in [-0.2, -0.15) is 0 Å². The van der Waals surface area contributed by atoms with Crippen LogP contribution >= 0.6 is 12.4 Å². The van der Waals surface area contributed by atoms with E-state index in [0.717, 1.165) is 13.0 Å². The highest BCUT2D eigenvalue weighted by Crippen LogP contribution is 1.81. The lowest BCUT2D eigenvalue weighted by atomic mass is 10.3. The third-order valence-corrected chi connectivity index (χ3v) is 1.08. The molecule has 0 fully saturated rings. The molecule has 0 radical (unpaired) electrons. The van der Waals surface area contributed by atoms with Crippen LogP contribution in [-0.4, -0.2) is 18.9 Å². The number of hydrogen-bond donors (Lipinski definition) is 1. The maximum absolute atomic E-state index is 10.3. The van der Waals surface area contributed by atoms with Crippen LogP contribution < -0.4 is 5.32 Å². The Balaban J connectivity index is 0. The average molecular weight is 166 g/mol. The maximum Gasteiger partial charge on any atom is 0.143 e. The van der Waals surface area contributed by atoms with Crippen LogP contribution in [0.5, 0.6) is 0 Å². The van der Waals surface area contributed by atoms with Gasteiger partial charge in [-0.25, -0.2) is 0 Å². The molecule has 0 saturated heterocycles. The normalized spacial score (nSPS) is 8.60. The quantitative estimate of drug-likeness (QED) is 0.624. The number of ketones is 1. The van der Waals surface area contributed by atoms with E-state index in [0.29, 0.717) is 6.54 Å². The van der Waals surface area contributed by atoms with Crippen molar-refractivity contribution >= 4 is 18.2 Å². The molecule has 3 heteroatoms. The van der Waals surface area contributed by atoms with Crippen LogP contribution in [0.4, 0.5) is 0 Å². The number of halogens is 1. The second kappa shape index (κ2) is 8.92. The van der Waals surface area contributed by atoms with Gasteiger partial charge in [0.25, 0.3) is 0 Å². The fraction of sp³-hybridized carbons (Fsp3) is 0.857. The van der Waals surface area contributed by atoms with Crippen LogP contribution in [-0.2, 0) is 4.79 Å². The molecular weight excluding hydrogens is 150 g/mol. The summed E-state index contributed by atoms with van der Waals surface area (Å²) in [5.41, 5.74) is 0. The lowest BCUT2D eigenvalue weighted by molar-refractivity contribution is -0.116.